The van der Waals surface area contributed by atoms with Crippen LogP contribution in [-0.4, -0.2) is 25.9 Å². The van der Waals surface area contributed by atoms with Crippen LogP contribution in [0.1, 0.15) is 12.0 Å². The fourth-order valence-electron chi connectivity index (χ4n) is 2.97. The Morgan fingerprint density at radius 3 is 3.11 bits per heavy atom. The van der Waals surface area contributed by atoms with Gasteiger partial charge < -0.3 is 19.5 Å². The van der Waals surface area contributed by atoms with Gasteiger partial charge in [0.2, 0.25) is 6.79 Å². The summed E-state index contributed by atoms with van der Waals surface area (Å²) in [6, 6.07) is 5.75. The first-order chi connectivity index (χ1) is 8.77. The van der Waals surface area contributed by atoms with E-state index in [0.29, 0.717) is 13.1 Å². The number of carbonyl (C=O) groups excluding carboxylic acids is 1. The summed E-state index contributed by atoms with van der Waals surface area (Å²) in [7, 11) is 0. The number of nitrogens with one attached hydrogen (secondary N) is 1. The highest BCUT2D eigenvalue weighted by molar-refractivity contribution is 5.76. The molecule has 2 atom stereocenters. The van der Waals surface area contributed by atoms with Crippen molar-refractivity contribution in [1.29, 1.82) is 0 Å². The zero-order valence-electron chi connectivity index (χ0n) is 9.77. The lowest BCUT2D eigenvalue weighted by Gasteiger charge is -2.31. The topological polar surface area (TPSA) is 56.8 Å². The van der Waals surface area contributed by atoms with Crippen LogP contribution in [0.15, 0.2) is 18.2 Å². The molecule has 0 spiro atoms. The number of ether oxygens (including phenoxy) is 3. The van der Waals surface area contributed by atoms with Crippen LogP contribution in [0, 0.1) is 5.92 Å². The first-order valence-electron chi connectivity index (χ1n) is 6.11. The van der Waals surface area contributed by atoms with Crippen molar-refractivity contribution < 1.29 is 19.0 Å². The van der Waals surface area contributed by atoms with Gasteiger partial charge in [0.25, 0.3) is 0 Å². The van der Waals surface area contributed by atoms with Gasteiger partial charge in [-0.15, -0.1) is 0 Å². The van der Waals surface area contributed by atoms with Gasteiger partial charge in [0.05, 0.1) is 5.92 Å². The minimum Gasteiger partial charge on any atom is -0.454 e. The highest BCUT2D eigenvalue weighted by Gasteiger charge is 2.50. The minimum absolute atomic E-state index is 0.0239. The molecule has 0 saturated carbocycles. The molecule has 0 aliphatic carbocycles. The first-order valence-corrected chi connectivity index (χ1v) is 6.11. The molecule has 2 saturated heterocycles. The van der Waals surface area contributed by atoms with Gasteiger partial charge >= 0.3 is 5.97 Å². The molecule has 5 nitrogen and oxygen atoms in total. The molecule has 94 valence electrons. The van der Waals surface area contributed by atoms with Crippen molar-refractivity contribution in [2.24, 2.45) is 5.92 Å². The van der Waals surface area contributed by atoms with Crippen LogP contribution < -0.4 is 14.8 Å². The standard InChI is InChI=1S/C13H13NO4/c15-12-8-4-13(18-12,6-14-5-8)9-1-2-10-11(3-9)17-7-16-10/h1-3,8,14H,4-7H2. The number of benzene rings is 1. The molecule has 1 aromatic carbocycles. The lowest BCUT2D eigenvalue weighted by atomic mass is 9.84. The van der Waals surface area contributed by atoms with E-state index in [-0.39, 0.29) is 18.7 Å². The number of fused-ring (bicyclic) bond motifs is 3. The average Bonchev–Trinajstić information content (AvgIpc) is 2.93. The fraction of sp³-hybridized carbons (Fsp3) is 0.462. The molecule has 2 fully saturated rings. The normalized spacial score (nSPS) is 32.4. The molecule has 5 heteroatoms. The number of hydrogen-bond acceptors (Lipinski definition) is 5. The largest absolute Gasteiger partial charge is 0.454 e. The van der Waals surface area contributed by atoms with Gasteiger partial charge in [-0.2, -0.15) is 0 Å². The Hall–Kier alpha value is -1.75. The van der Waals surface area contributed by atoms with Crippen molar-refractivity contribution >= 4 is 5.97 Å². The van der Waals surface area contributed by atoms with Gasteiger partial charge in [0.1, 0.15) is 0 Å². The van der Waals surface area contributed by atoms with Crippen molar-refractivity contribution in [3.05, 3.63) is 23.8 Å². The van der Waals surface area contributed by atoms with E-state index in [1.54, 1.807) is 0 Å². The lowest BCUT2D eigenvalue weighted by molar-refractivity contribution is -0.149. The van der Waals surface area contributed by atoms with Gasteiger partial charge in [-0.05, 0) is 12.1 Å². The van der Waals surface area contributed by atoms with Crippen LogP contribution in [0.25, 0.3) is 0 Å². The Bertz CT molecular complexity index is 530. The van der Waals surface area contributed by atoms with Gasteiger partial charge in [-0.1, -0.05) is 6.07 Å². The van der Waals surface area contributed by atoms with Gasteiger partial charge in [-0.3, -0.25) is 4.79 Å². The lowest BCUT2D eigenvalue weighted by Crippen LogP contribution is -2.42. The molecule has 4 rings (SSSR count). The zero-order valence-corrected chi connectivity index (χ0v) is 9.77. The smallest absolute Gasteiger partial charge is 0.311 e. The number of hydrogen-bond donors (Lipinski definition) is 1. The minimum atomic E-state index is -0.527. The molecule has 0 radical (unpaired) electrons. The van der Waals surface area contributed by atoms with Crippen molar-refractivity contribution in [2.75, 3.05) is 19.9 Å². The molecule has 2 unspecified atom stereocenters. The molecular formula is C13H13NO4. The summed E-state index contributed by atoms with van der Waals surface area (Å²) in [5.74, 6) is 1.36. The van der Waals surface area contributed by atoms with Crippen molar-refractivity contribution in [2.45, 2.75) is 12.0 Å². The monoisotopic (exact) mass is 247 g/mol. The Morgan fingerprint density at radius 1 is 1.28 bits per heavy atom. The Balaban J connectivity index is 1.76. The van der Waals surface area contributed by atoms with Crippen LogP contribution in [0.3, 0.4) is 0 Å². The summed E-state index contributed by atoms with van der Waals surface area (Å²) in [4.78, 5) is 11.7. The molecule has 2 bridgehead atoms. The maximum Gasteiger partial charge on any atom is 0.311 e. The van der Waals surface area contributed by atoms with Crippen LogP contribution >= 0.6 is 0 Å². The van der Waals surface area contributed by atoms with E-state index >= 15 is 0 Å². The summed E-state index contributed by atoms with van der Waals surface area (Å²) < 4.78 is 16.3. The number of esters is 1. The van der Waals surface area contributed by atoms with Crippen LogP contribution in [0.2, 0.25) is 0 Å². The predicted octanol–water partition coefficient (Wildman–Crippen LogP) is 0.777. The van der Waals surface area contributed by atoms with Crippen molar-refractivity contribution in [3.8, 4) is 11.5 Å². The average molecular weight is 247 g/mol. The van der Waals surface area contributed by atoms with E-state index in [1.807, 2.05) is 18.2 Å². The van der Waals surface area contributed by atoms with Crippen molar-refractivity contribution in [1.82, 2.24) is 5.32 Å². The summed E-state index contributed by atoms with van der Waals surface area (Å²) in [5.41, 5.74) is 0.454. The summed E-state index contributed by atoms with van der Waals surface area (Å²) in [6.07, 6.45) is 0.748. The number of carbonyl (C=O) groups is 1. The van der Waals surface area contributed by atoms with Crippen LogP contribution in [0.4, 0.5) is 0 Å². The molecule has 3 aliphatic heterocycles. The van der Waals surface area contributed by atoms with Crippen LogP contribution in [-0.2, 0) is 15.1 Å². The van der Waals surface area contributed by atoms with E-state index in [2.05, 4.69) is 5.32 Å². The summed E-state index contributed by atoms with van der Waals surface area (Å²) in [6.45, 7) is 1.63. The molecular weight excluding hydrogens is 234 g/mol. The Kier molecular flexibility index (Phi) is 1.92. The quantitative estimate of drug-likeness (QED) is 0.743. The molecule has 1 N–H and O–H groups in total. The van der Waals surface area contributed by atoms with E-state index in [1.165, 1.54) is 0 Å². The maximum absolute atomic E-state index is 11.7. The fourth-order valence-corrected chi connectivity index (χ4v) is 2.97. The molecule has 0 amide bonds. The third-order valence-corrected chi connectivity index (χ3v) is 3.91. The SMILES string of the molecule is O=C1OC2(c3ccc4c(c3)OCO4)CNCC1C2. The molecule has 18 heavy (non-hydrogen) atoms. The highest BCUT2D eigenvalue weighted by Crippen LogP contribution is 2.44. The number of rotatable bonds is 1. The summed E-state index contributed by atoms with van der Waals surface area (Å²) in [5, 5.41) is 3.27. The molecule has 3 aliphatic rings. The van der Waals surface area contributed by atoms with E-state index in [0.717, 1.165) is 23.5 Å². The zero-order chi connectivity index (χ0) is 12.2. The highest BCUT2D eigenvalue weighted by atomic mass is 16.7. The second-order valence-corrected chi connectivity index (χ2v) is 5.02. The van der Waals surface area contributed by atoms with Crippen LogP contribution in [0.5, 0.6) is 11.5 Å². The molecule has 0 aromatic heterocycles. The number of piperidine rings is 1. The van der Waals surface area contributed by atoms with Gasteiger partial charge in [-0.25, -0.2) is 0 Å². The van der Waals surface area contributed by atoms with E-state index < -0.39 is 5.60 Å². The van der Waals surface area contributed by atoms with Gasteiger partial charge in [0.15, 0.2) is 17.1 Å². The maximum atomic E-state index is 11.7. The summed E-state index contributed by atoms with van der Waals surface area (Å²) >= 11 is 0. The first kappa shape index (κ1) is 10.2. The molecule has 3 heterocycles. The Labute approximate surface area is 104 Å². The third-order valence-electron chi connectivity index (χ3n) is 3.91. The second kappa shape index (κ2) is 3.38. The van der Waals surface area contributed by atoms with E-state index in [9.17, 15) is 4.79 Å². The molecule has 1 aromatic rings. The van der Waals surface area contributed by atoms with E-state index in [4.69, 9.17) is 14.2 Å². The predicted molar refractivity (Wildman–Crippen MR) is 61.3 cm³/mol. The van der Waals surface area contributed by atoms with Crippen molar-refractivity contribution in [3.63, 3.8) is 0 Å². The Morgan fingerprint density at radius 2 is 2.17 bits per heavy atom. The van der Waals surface area contributed by atoms with Gasteiger partial charge in [0, 0.05) is 25.1 Å². The second-order valence-electron chi connectivity index (χ2n) is 5.02. The third kappa shape index (κ3) is 1.28.